The van der Waals surface area contributed by atoms with Gasteiger partial charge in [-0.05, 0) is 0 Å². The van der Waals surface area contributed by atoms with Crippen LogP contribution in [0.1, 0.15) is 0 Å². The first-order chi connectivity index (χ1) is 4.33. The van der Waals surface area contributed by atoms with Gasteiger partial charge in [-0.25, -0.2) is 0 Å². The highest BCUT2D eigenvalue weighted by Gasteiger charge is 1.91. The Balaban J connectivity index is 2.61. The van der Waals surface area contributed by atoms with Crippen molar-refractivity contribution >= 4 is 11.6 Å². The summed E-state index contributed by atoms with van der Waals surface area (Å²) in [4.78, 5) is 0. The molecule has 1 heterocycles. The predicted molar refractivity (Wildman–Crippen MR) is 34.3 cm³/mol. The molecular weight excluding hydrogens is 140 g/mol. The lowest BCUT2D eigenvalue weighted by Gasteiger charge is -1.92. The van der Waals surface area contributed by atoms with Crippen LogP contribution in [0.4, 0.5) is 0 Å². The van der Waals surface area contributed by atoms with Gasteiger partial charge in [-0.1, -0.05) is 11.6 Å². The Bertz CT molecular complexity index is 187. The minimum absolute atomic E-state index is 0.0952. The van der Waals surface area contributed by atoms with Crippen LogP contribution in [0.3, 0.4) is 0 Å². The van der Waals surface area contributed by atoms with E-state index < -0.39 is 0 Å². The van der Waals surface area contributed by atoms with E-state index in [1.165, 1.54) is 6.20 Å². The zero-order valence-electron chi connectivity index (χ0n) is 4.79. The number of aliphatic hydroxyl groups is 1. The zero-order chi connectivity index (χ0) is 6.69. The van der Waals surface area contributed by atoms with E-state index in [0.29, 0.717) is 11.6 Å². The van der Waals surface area contributed by atoms with Gasteiger partial charge in [-0.3, -0.25) is 4.68 Å². The maximum absolute atomic E-state index is 8.43. The summed E-state index contributed by atoms with van der Waals surface area (Å²) in [6.45, 7) is 0.602. The second-order valence-electron chi connectivity index (χ2n) is 1.65. The first kappa shape index (κ1) is 6.58. The lowest BCUT2D eigenvalue weighted by atomic mass is 10.7. The predicted octanol–water partition coefficient (Wildman–Crippen LogP) is 0.529. The van der Waals surface area contributed by atoms with Gasteiger partial charge in [0.1, 0.15) is 0 Å². The third kappa shape index (κ3) is 1.69. The van der Waals surface area contributed by atoms with Crippen molar-refractivity contribution in [2.45, 2.75) is 6.54 Å². The standard InChI is InChI=1S/C5H7ClN2O/c6-5-3-7-8(4-5)1-2-9/h3-4,9H,1-2H2. The number of aliphatic hydroxyl groups excluding tert-OH is 1. The first-order valence-electron chi connectivity index (χ1n) is 2.62. The highest BCUT2D eigenvalue weighted by Crippen LogP contribution is 2.03. The molecule has 0 unspecified atom stereocenters. The highest BCUT2D eigenvalue weighted by atomic mass is 35.5. The fourth-order valence-corrected chi connectivity index (χ4v) is 0.719. The first-order valence-corrected chi connectivity index (χ1v) is 2.99. The van der Waals surface area contributed by atoms with Crippen molar-refractivity contribution in [3.05, 3.63) is 17.4 Å². The molecule has 0 aromatic carbocycles. The summed E-state index contributed by atoms with van der Waals surface area (Å²) in [7, 11) is 0. The Hall–Kier alpha value is -0.540. The van der Waals surface area contributed by atoms with Crippen molar-refractivity contribution < 1.29 is 5.11 Å². The molecule has 1 rings (SSSR count). The molecule has 0 aliphatic rings. The molecule has 0 amide bonds. The average Bonchev–Trinajstić information content (AvgIpc) is 2.17. The molecule has 0 aliphatic heterocycles. The molecule has 9 heavy (non-hydrogen) atoms. The fourth-order valence-electron chi connectivity index (χ4n) is 0.563. The normalized spacial score (nSPS) is 10.0. The topological polar surface area (TPSA) is 38.0 Å². The van der Waals surface area contributed by atoms with Crippen molar-refractivity contribution in [2.75, 3.05) is 6.61 Å². The summed E-state index contributed by atoms with van der Waals surface area (Å²) >= 11 is 5.53. The second kappa shape index (κ2) is 2.85. The molecule has 0 saturated carbocycles. The summed E-state index contributed by atoms with van der Waals surface area (Å²) in [5.41, 5.74) is 0. The second-order valence-corrected chi connectivity index (χ2v) is 2.08. The molecule has 3 nitrogen and oxygen atoms in total. The Morgan fingerprint density at radius 2 is 2.56 bits per heavy atom. The fraction of sp³-hybridized carbons (Fsp3) is 0.400. The van der Waals surface area contributed by atoms with Gasteiger partial charge in [0.25, 0.3) is 0 Å². The summed E-state index contributed by atoms with van der Waals surface area (Å²) in [5, 5.41) is 12.9. The van der Waals surface area contributed by atoms with Gasteiger partial charge >= 0.3 is 0 Å². The summed E-state index contributed by atoms with van der Waals surface area (Å²) < 4.78 is 1.59. The summed E-state index contributed by atoms with van der Waals surface area (Å²) in [6.07, 6.45) is 3.20. The number of nitrogens with zero attached hydrogens (tertiary/aromatic N) is 2. The largest absolute Gasteiger partial charge is 0.394 e. The average molecular weight is 147 g/mol. The lowest BCUT2D eigenvalue weighted by molar-refractivity contribution is 0.269. The molecule has 0 fully saturated rings. The number of halogens is 1. The van der Waals surface area contributed by atoms with E-state index in [9.17, 15) is 0 Å². The van der Waals surface area contributed by atoms with E-state index in [1.807, 2.05) is 0 Å². The Labute approximate surface area is 57.9 Å². The molecule has 0 aliphatic carbocycles. The number of rotatable bonds is 2. The van der Waals surface area contributed by atoms with Crippen LogP contribution in [-0.4, -0.2) is 21.5 Å². The van der Waals surface area contributed by atoms with Gasteiger partial charge in [0.05, 0.1) is 24.4 Å². The van der Waals surface area contributed by atoms with Gasteiger partial charge in [0.2, 0.25) is 0 Å². The molecule has 4 heteroatoms. The van der Waals surface area contributed by atoms with Gasteiger partial charge in [0.15, 0.2) is 0 Å². The molecule has 0 radical (unpaired) electrons. The maximum Gasteiger partial charge on any atom is 0.0785 e. The molecule has 0 saturated heterocycles. The van der Waals surface area contributed by atoms with Gasteiger partial charge in [-0.2, -0.15) is 5.10 Å². The number of hydrogen-bond donors (Lipinski definition) is 1. The molecule has 50 valence electrons. The molecule has 0 spiro atoms. The number of aromatic nitrogens is 2. The smallest absolute Gasteiger partial charge is 0.0785 e. The van der Waals surface area contributed by atoms with Crippen molar-refractivity contribution in [2.24, 2.45) is 0 Å². The van der Waals surface area contributed by atoms with E-state index in [0.717, 1.165) is 0 Å². The highest BCUT2D eigenvalue weighted by molar-refractivity contribution is 6.30. The van der Waals surface area contributed by atoms with Crippen LogP contribution in [0, 0.1) is 0 Å². The van der Waals surface area contributed by atoms with E-state index in [1.54, 1.807) is 10.9 Å². The Kier molecular flexibility index (Phi) is 2.08. The van der Waals surface area contributed by atoms with Crippen molar-refractivity contribution in [1.82, 2.24) is 9.78 Å². The van der Waals surface area contributed by atoms with Crippen molar-refractivity contribution in [3.8, 4) is 0 Å². The van der Waals surface area contributed by atoms with Crippen LogP contribution < -0.4 is 0 Å². The molecule has 0 bridgehead atoms. The summed E-state index contributed by atoms with van der Waals surface area (Å²) in [6, 6.07) is 0. The minimum atomic E-state index is 0.0952. The monoisotopic (exact) mass is 146 g/mol. The molecule has 1 N–H and O–H groups in total. The molecule has 0 atom stereocenters. The Morgan fingerprint density at radius 3 is 3.00 bits per heavy atom. The quantitative estimate of drug-likeness (QED) is 0.661. The third-order valence-corrected chi connectivity index (χ3v) is 1.13. The lowest BCUT2D eigenvalue weighted by Crippen LogP contribution is -2.01. The van der Waals surface area contributed by atoms with E-state index >= 15 is 0 Å². The van der Waals surface area contributed by atoms with E-state index in [2.05, 4.69) is 5.10 Å². The van der Waals surface area contributed by atoms with Crippen LogP contribution in [0.25, 0.3) is 0 Å². The van der Waals surface area contributed by atoms with Crippen molar-refractivity contribution in [1.29, 1.82) is 0 Å². The van der Waals surface area contributed by atoms with Gasteiger partial charge in [0, 0.05) is 6.20 Å². The summed E-state index contributed by atoms with van der Waals surface area (Å²) in [5.74, 6) is 0. The molecule has 1 aromatic rings. The minimum Gasteiger partial charge on any atom is -0.394 e. The van der Waals surface area contributed by atoms with Gasteiger partial charge < -0.3 is 5.11 Å². The SMILES string of the molecule is OCCn1cc(Cl)cn1. The van der Waals surface area contributed by atoms with E-state index in [4.69, 9.17) is 16.7 Å². The van der Waals surface area contributed by atoms with Crippen LogP contribution in [-0.2, 0) is 6.54 Å². The van der Waals surface area contributed by atoms with E-state index in [-0.39, 0.29) is 6.61 Å². The van der Waals surface area contributed by atoms with Crippen LogP contribution in [0.2, 0.25) is 5.02 Å². The van der Waals surface area contributed by atoms with Crippen LogP contribution in [0.5, 0.6) is 0 Å². The van der Waals surface area contributed by atoms with Crippen molar-refractivity contribution in [3.63, 3.8) is 0 Å². The van der Waals surface area contributed by atoms with Gasteiger partial charge in [-0.15, -0.1) is 0 Å². The van der Waals surface area contributed by atoms with Crippen LogP contribution in [0.15, 0.2) is 12.4 Å². The third-order valence-electron chi connectivity index (χ3n) is 0.931. The maximum atomic E-state index is 8.43. The Morgan fingerprint density at radius 1 is 1.78 bits per heavy atom. The van der Waals surface area contributed by atoms with Crippen LogP contribution >= 0.6 is 11.6 Å². The molecular formula is C5H7ClN2O. The zero-order valence-corrected chi connectivity index (χ0v) is 5.54. The number of hydrogen-bond acceptors (Lipinski definition) is 2. The molecule has 1 aromatic heterocycles.